The maximum Gasteiger partial charge on any atom is 0.254 e. The molecule has 2 fully saturated rings. The van der Waals surface area contributed by atoms with Gasteiger partial charge in [-0.2, -0.15) is 0 Å². The van der Waals surface area contributed by atoms with Crippen molar-refractivity contribution in [2.24, 2.45) is 0 Å². The fraction of sp³-hybridized carbons (Fsp3) is 0.533. The number of hydrogen-bond donors (Lipinski definition) is 2. The average Bonchev–Trinajstić information content (AvgIpc) is 3.10. The molecule has 2 N–H and O–H groups in total. The number of nitrogens with zero attached hydrogens (tertiary/aromatic N) is 1. The van der Waals surface area contributed by atoms with E-state index >= 15 is 0 Å². The lowest BCUT2D eigenvalue weighted by Gasteiger charge is -2.18. The first-order valence-corrected chi connectivity index (χ1v) is 7.89. The van der Waals surface area contributed by atoms with Crippen molar-refractivity contribution in [3.8, 4) is 5.88 Å². The Balaban J connectivity index is 1.65. The third-order valence-electron chi connectivity index (χ3n) is 4.04. The van der Waals surface area contributed by atoms with E-state index in [1.54, 1.807) is 12.1 Å². The van der Waals surface area contributed by atoms with Crippen molar-refractivity contribution >= 4 is 23.4 Å². The van der Waals surface area contributed by atoms with Crippen LogP contribution in [-0.2, 0) is 14.3 Å². The van der Waals surface area contributed by atoms with Gasteiger partial charge in [-0.05, 0) is 6.07 Å². The number of fused-ring (bicyclic) bond motifs is 1. The zero-order valence-corrected chi connectivity index (χ0v) is 14.0. The Kier molecular flexibility index (Phi) is 4.88. The maximum absolute atomic E-state index is 12.4. The van der Waals surface area contributed by atoms with Crippen molar-refractivity contribution < 1.29 is 23.8 Å². The highest BCUT2D eigenvalue weighted by Gasteiger charge is 2.48. The number of nitrogens with one attached hydrogen (secondary N) is 2. The minimum Gasteiger partial charge on any atom is -0.481 e. The van der Waals surface area contributed by atoms with E-state index in [1.807, 2.05) is 0 Å². The fourth-order valence-electron chi connectivity index (χ4n) is 2.95. The summed E-state index contributed by atoms with van der Waals surface area (Å²) in [6.45, 7) is 2.10. The molecule has 9 heteroatoms. The zero-order chi connectivity index (χ0) is 17.3. The van der Waals surface area contributed by atoms with Crippen LogP contribution in [0.4, 0.5) is 0 Å². The summed E-state index contributed by atoms with van der Waals surface area (Å²) < 4.78 is 16.3. The van der Waals surface area contributed by atoms with Gasteiger partial charge in [0.05, 0.1) is 38.0 Å². The zero-order valence-electron chi connectivity index (χ0n) is 13.2. The van der Waals surface area contributed by atoms with Gasteiger partial charge < -0.3 is 24.8 Å². The Morgan fingerprint density at radius 2 is 1.83 bits per heavy atom. The molecule has 0 saturated carbocycles. The molecule has 0 spiro atoms. The van der Waals surface area contributed by atoms with Crippen LogP contribution in [0.15, 0.2) is 12.1 Å². The van der Waals surface area contributed by atoms with E-state index in [9.17, 15) is 9.59 Å². The Morgan fingerprint density at radius 3 is 2.38 bits per heavy atom. The van der Waals surface area contributed by atoms with Gasteiger partial charge in [-0.3, -0.25) is 9.59 Å². The molecule has 3 rings (SSSR count). The fourth-order valence-corrected chi connectivity index (χ4v) is 3.19. The van der Waals surface area contributed by atoms with Crippen LogP contribution in [0.5, 0.6) is 5.88 Å². The predicted molar refractivity (Wildman–Crippen MR) is 84.1 cm³/mol. The van der Waals surface area contributed by atoms with E-state index in [0.29, 0.717) is 19.1 Å². The second kappa shape index (κ2) is 6.92. The van der Waals surface area contributed by atoms with Gasteiger partial charge in [-0.15, -0.1) is 0 Å². The molecule has 24 heavy (non-hydrogen) atoms. The van der Waals surface area contributed by atoms with Crippen molar-refractivity contribution in [1.29, 1.82) is 0 Å². The highest BCUT2D eigenvalue weighted by Crippen LogP contribution is 2.27. The summed E-state index contributed by atoms with van der Waals surface area (Å²) >= 11 is 6.02. The van der Waals surface area contributed by atoms with Crippen LogP contribution in [0.25, 0.3) is 0 Å². The van der Waals surface area contributed by atoms with E-state index in [-0.39, 0.29) is 46.8 Å². The van der Waals surface area contributed by atoms with E-state index in [0.717, 1.165) is 0 Å². The quantitative estimate of drug-likeness (QED) is 0.746. The van der Waals surface area contributed by atoms with E-state index in [4.69, 9.17) is 25.8 Å². The number of carbonyl (C=O) groups excluding carboxylic acids is 2. The summed E-state index contributed by atoms with van der Waals surface area (Å²) in [6, 6.07) is 2.58. The van der Waals surface area contributed by atoms with E-state index in [1.165, 1.54) is 14.0 Å². The molecule has 1 aromatic heterocycles. The monoisotopic (exact) mass is 355 g/mol. The SMILES string of the molecule is COc1ccc(C(=O)N[C@H]2CO[C@H]3[C@@H]2OC[C@@H]3NC(C)=O)c(Cl)n1. The summed E-state index contributed by atoms with van der Waals surface area (Å²) in [7, 11) is 1.47. The summed E-state index contributed by atoms with van der Waals surface area (Å²) in [5.74, 6) is -0.175. The van der Waals surface area contributed by atoms with Gasteiger partial charge in [0, 0.05) is 13.0 Å². The number of ether oxygens (including phenoxy) is 3. The molecule has 0 radical (unpaired) electrons. The minimum absolute atomic E-state index is 0.0609. The molecule has 3 heterocycles. The number of halogens is 1. The highest BCUT2D eigenvalue weighted by molar-refractivity contribution is 6.32. The Labute approximate surface area is 143 Å². The lowest BCUT2D eigenvalue weighted by molar-refractivity contribution is -0.120. The molecule has 2 amide bonds. The number of aromatic nitrogens is 1. The number of carbonyl (C=O) groups is 2. The van der Waals surface area contributed by atoms with Crippen LogP contribution in [0, 0.1) is 0 Å². The van der Waals surface area contributed by atoms with Gasteiger partial charge in [-0.1, -0.05) is 11.6 Å². The predicted octanol–water partition coefficient (Wildman–Crippen LogP) is 0.144. The Morgan fingerprint density at radius 1 is 1.21 bits per heavy atom. The van der Waals surface area contributed by atoms with E-state index in [2.05, 4.69) is 15.6 Å². The minimum atomic E-state index is -0.365. The molecule has 130 valence electrons. The standard InChI is InChI=1S/C15H18ClN3O5/c1-7(20)17-9-5-23-13-10(6-24-12(9)13)18-15(21)8-3-4-11(22-2)19-14(8)16/h3-4,9-10,12-13H,5-6H2,1-2H3,(H,17,20)(H,18,21)/t9-,10-,12+,13+/m0/s1. The van der Waals surface area contributed by atoms with Gasteiger partial charge in [0.2, 0.25) is 11.8 Å². The normalized spacial score (nSPS) is 28.3. The Bertz CT molecular complexity index is 656. The van der Waals surface area contributed by atoms with Crippen LogP contribution in [0.1, 0.15) is 17.3 Å². The van der Waals surface area contributed by atoms with Crippen molar-refractivity contribution in [2.75, 3.05) is 20.3 Å². The van der Waals surface area contributed by atoms with Crippen LogP contribution >= 0.6 is 11.6 Å². The molecule has 8 nitrogen and oxygen atoms in total. The van der Waals surface area contributed by atoms with Crippen LogP contribution in [0.3, 0.4) is 0 Å². The molecule has 0 bridgehead atoms. The molecule has 2 saturated heterocycles. The summed E-state index contributed by atoms with van der Waals surface area (Å²) in [6.07, 6.45) is -0.584. The van der Waals surface area contributed by atoms with Gasteiger partial charge >= 0.3 is 0 Å². The molecule has 2 aliphatic heterocycles. The lowest BCUT2D eigenvalue weighted by Crippen LogP contribution is -2.46. The Hall–Kier alpha value is -1.90. The number of hydrogen-bond acceptors (Lipinski definition) is 6. The van der Waals surface area contributed by atoms with Gasteiger partial charge in [0.25, 0.3) is 5.91 Å². The number of methoxy groups -OCH3 is 1. The molecular weight excluding hydrogens is 338 g/mol. The van der Waals surface area contributed by atoms with Crippen LogP contribution in [0.2, 0.25) is 5.15 Å². The first-order valence-electron chi connectivity index (χ1n) is 7.51. The third kappa shape index (κ3) is 3.31. The second-order valence-corrected chi connectivity index (χ2v) is 6.03. The summed E-state index contributed by atoms with van der Waals surface area (Å²) in [4.78, 5) is 27.6. The number of rotatable bonds is 4. The van der Waals surface area contributed by atoms with Crippen LogP contribution in [-0.4, -0.2) is 61.4 Å². The molecule has 0 aliphatic carbocycles. The molecule has 1 aromatic rings. The first kappa shape index (κ1) is 16.9. The molecule has 0 unspecified atom stereocenters. The largest absolute Gasteiger partial charge is 0.481 e. The van der Waals surface area contributed by atoms with Gasteiger partial charge in [0.15, 0.2) is 0 Å². The average molecular weight is 356 g/mol. The molecule has 0 aromatic carbocycles. The van der Waals surface area contributed by atoms with Gasteiger partial charge in [0.1, 0.15) is 17.4 Å². The highest BCUT2D eigenvalue weighted by atomic mass is 35.5. The number of amides is 2. The molecule has 2 aliphatic rings. The van der Waals surface area contributed by atoms with Crippen molar-refractivity contribution in [2.45, 2.75) is 31.2 Å². The maximum atomic E-state index is 12.4. The van der Waals surface area contributed by atoms with E-state index < -0.39 is 0 Å². The topological polar surface area (TPSA) is 98.8 Å². The second-order valence-electron chi connectivity index (χ2n) is 5.67. The first-order chi connectivity index (χ1) is 11.5. The lowest BCUT2D eigenvalue weighted by atomic mass is 10.1. The number of pyridine rings is 1. The van der Waals surface area contributed by atoms with Crippen molar-refractivity contribution in [3.05, 3.63) is 22.8 Å². The third-order valence-corrected chi connectivity index (χ3v) is 4.32. The molecule has 4 atom stereocenters. The van der Waals surface area contributed by atoms with Crippen LogP contribution < -0.4 is 15.4 Å². The molecular formula is C15H18ClN3O5. The smallest absolute Gasteiger partial charge is 0.254 e. The van der Waals surface area contributed by atoms with Crippen molar-refractivity contribution in [3.63, 3.8) is 0 Å². The summed E-state index contributed by atoms with van der Waals surface area (Å²) in [5, 5.41) is 5.71. The van der Waals surface area contributed by atoms with Crippen molar-refractivity contribution in [1.82, 2.24) is 15.6 Å². The van der Waals surface area contributed by atoms with Gasteiger partial charge in [-0.25, -0.2) is 4.98 Å². The summed E-state index contributed by atoms with van der Waals surface area (Å²) in [5.41, 5.74) is 0.248.